The van der Waals surface area contributed by atoms with Crippen molar-refractivity contribution >= 4 is 23.7 Å². The van der Waals surface area contributed by atoms with Gasteiger partial charge in [-0.05, 0) is 18.1 Å². The Kier molecular flexibility index (Phi) is 1.18. The zero-order valence-corrected chi connectivity index (χ0v) is 7.17. The SMILES string of the molecule is O=C1OC(=O)C2C3CC(CS3)C12. The van der Waals surface area contributed by atoms with Crippen LogP contribution in [0.4, 0.5) is 0 Å². The van der Waals surface area contributed by atoms with E-state index < -0.39 is 0 Å². The van der Waals surface area contributed by atoms with Crippen molar-refractivity contribution in [2.24, 2.45) is 17.8 Å². The largest absolute Gasteiger partial charge is 0.393 e. The maximum Gasteiger partial charge on any atom is 0.318 e. The Morgan fingerprint density at radius 2 is 2.00 bits per heavy atom. The van der Waals surface area contributed by atoms with Gasteiger partial charge in [0.25, 0.3) is 0 Å². The minimum atomic E-state index is -0.273. The van der Waals surface area contributed by atoms with E-state index in [-0.39, 0.29) is 23.8 Å². The molecule has 0 aromatic rings. The van der Waals surface area contributed by atoms with Gasteiger partial charge in [-0.3, -0.25) is 9.59 Å². The predicted octanol–water partition coefficient (Wildman–Crippen LogP) is 0.437. The van der Waals surface area contributed by atoms with Crippen LogP contribution in [0.15, 0.2) is 0 Å². The van der Waals surface area contributed by atoms with E-state index in [1.54, 1.807) is 0 Å². The first-order valence-electron chi connectivity index (χ1n) is 4.14. The fourth-order valence-corrected chi connectivity index (χ4v) is 4.29. The van der Waals surface area contributed by atoms with E-state index in [0.717, 1.165) is 12.2 Å². The normalized spacial score (nSPS) is 49.7. The van der Waals surface area contributed by atoms with Crippen molar-refractivity contribution in [1.29, 1.82) is 0 Å². The van der Waals surface area contributed by atoms with E-state index in [1.165, 1.54) is 0 Å². The second-order valence-corrected chi connectivity index (χ2v) is 4.93. The first-order chi connectivity index (χ1) is 5.77. The van der Waals surface area contributed by atoms with Crippen molar-refractivity contribution in [3.63, 3.8) is 0 Å². The smallest absolute Gasteiger partial charge is 0.318 e. The van der Waals surface area contributed by atoms with Crippen molar-refractivity contribution in [1.82, 2.24) is 0 Å². The number of carbonyl (C=O) groups is 2. The second-order valence-electron chi connectivity index (χ2n) is 3.66. The highest BCUT2D eigenvalue weighted by molar-refractivity contribution is 8.00. The van der Waals surface area contributed by atoms with Crippen LogP contribution in [0.25, 0.3) is 0 Å². The summed E-state index contributed by atoms with van der Waals surface area (Å²) in [5.74, 6) is 0.741. The molecule has 12 heavy (non-hydrogen) atoms. The lowest BCUT2D eigenvalue weighted by atomic mass is 9.92. The lowest BCUT2D eigenvalue weighted by Crippen LogP contribution is -2.26. The summed E-state index contributed by atoms with van der Waals surface area (Å²) in [6.07, 6.45) is 1.04. The molecule has 0 aromatic heterocycles. The third-order valence-electron chi connectivity index (χ3n) is 3.10. The van der Waals surface area contributed by atoms with Crippen molar-refractivity contribution in [3.05, 3.63) is 0 Å². The molecule has 4 heteroatoms. The van der Waals surface area contributed by atoms with Crippen LogP contribution in [0.2, 0.25) is 0 Å². The molecular formula is C8H8O3S. The zero-order chi connectivity index (χ0) is 8.29. The van der Waals surface area contributed by atoms with Gasteiger partial charge in [0.05, 0.1) is 11.8 Å². The molecule has 2 bridgehead atoms. The molecule has 0 spiro atoms. The van der Waals surface area contributed by atoms with Gasteiger partial charge in [0, 0.05) is 5.25 Å². The molecule has 3 nitrogen and oxygen atoms in total. The van der Waals surface area contributed by atoms with E-state index in [9.17, 15) is 9.59 Å². The molecule has 1 aliphatic carbocycles. The van der Waals surface area contributed by atoms with Crippen molar-refractivity contribution in [3.8, 4) is 0 Å². The number of hydrogen-bond donors (Lipinski definition) is 0. The zero-order valence-electron chi connectivity index (χ0n) is 6.36. The summed E-state index contributed by atoms with van der Waals surface area (Å²) in [6.45, 7) is 0. The van der Waals surface area contributed by atoms with E-state index in [1.807, 2.05) is 11.8 Å². The van der Waals surface area contributed by atoms with Gasteiger partial charge in [0.15, 0.2) is 0 Å². The van der Waals surface area contributed by atoms with Gasteiger partial charge in [-0.1, -0.05) is 0 Å². The Bertz CT molecular complexity index is 249. The highest BCUT2D eigenvalue weighted by Gasteiger charge is 2.60. The molecular weight excluding hydrogens is 176 g/mol. The third-order valence-corrected chi connectivity index (χ3v) is 4.63. The molecule has 3 aliphatic rings. The average Bonchev–Trinajstić information content (AvgIpc) is 2.64. The van der Waals surface area contributed by atoms with Gasteiger partial charge >= 0.3 is 11.9 Å². The maximum absolute atomic E-state index is 11.2. The molecule has 4 unspecified atom stereocenters. The average molecular weight is 184 g/mol. The Morgan fingerprint density at radius 1 is 1.25 bits per heavy atom. The van der Waals surface area contributed by atoms with Crippen LogP contribution in [0.3, 0.4) is 0 Å². The molecule has 1 saturated carbocycles. The van der Waals surface area contributed by atoms with Crippen LogP contribution in [0.1, 0.15) is 6.42 Å². The summed E-state index contributed by atoms with van der Waals surface area (Å²) in [5, 5.41) is 0.374. The molecule has 3 fully saturated rings. The van der Waals surface area contributed by atoms with E-state index in [0.29, 0.717) is 11.2 Å². The Hall–Kier alpha value is -0.510. The molecule has 4 atom stereocenters. The summed E-state index contributed by atoms with van der Waals surface area (Å²) in [4.78, 5) is 22.4. The van der Waals surface area contributed by atoms with Crippen LogP contribution >= 0.6 is 11.8 Å². The molecule has 0 radical (unpaired) electrons. The molecule has 2 heterocycles. The minimum absolute atomic E-state index is 0.0799. The Labute approximate surface area is 73.8 Å². The summed E-state index contributed by atoms with van der Waals surface area (Å²) in [7, 11) is 0. The molecule has 2 aliphatic heterocycles. The van der Waals surface area contributed by atoms with Gasteiger partial charge in [-0.25, -0.2) is 0 Å². The summed E-state index contributed by atoms with van der Waals surface area (Å²) < 4.78 is 4.62. The molecule has 0 N–H and O–H groups in total. The van der Waals surface area contributed by atoms with Crippen molar-refractivity contribution < 1.29 is 14.3 Å². The summed E-state index contributed by atoms with van der Waals surface area (Å²) >= 11 is 1.82. The first kappa shape index (κ1) is 6.95. The van der Waals surface area contributed by atoms with Gasteiger partial charge in [-0.15, -0.1) is 0 Å². The highest BCUT2D eigenvalue weighted by atomic mass is 32.2. The van der Waals surface area contributed by atoms with Crippen molar-refractivity contribution in [2.75, 3.05) is 5.75 Å². The number of thioether (sulfide) groups is 1. The Morgan fingerprint density at radius 3 is 2.75 bits per heavy atom. The van der Waals surface area contributed by atoms with Crippen LogP contribution < -0.4 is 0 Å². The van der Waals surface area contributed by atoms with Crippen LogP contribution in [0.5, 0.6) is 0 Å². The van der Waals surface area contributed by atoms with E-state index in [2.05, 4.69) is 4.74 Å². The predicted molar refractivity (Wildman–Crippen MR) is 42.4 cm³/mol. The number of carbonyl (C=O) groups excluding carboxylic acids is 2. The Balaban J connectivity index is 2.03. The van der Waals surface area contributed by atoms with E-state index in [4.69, 9.17) is 0 Å². The number of fused-ring (bicyclic) bond motifs is 5. The number of hydrogen-bond acceptors (Lipinski definition) is 4. The molecule has 0 aromatic carbocycles. The lowest BCUT2D eigenvalue weighted by molar-refractivity contribution is -0.154. The standard InChI is InChI=1S/C8H8O3S/c9-7-5-3-1-4(12-2-3)6(5)8(10)11-7/h3-6H,1-2H2. The van der Waals surface area contributed by atoms with Crippen molar-refractivity contribution in [2.45, 2.75) is 11.7 Å². The maximum atomic E-state index is 11.2. The minimum Gasteiger partial charge on any atom is -0.393 e. The van der Waals surface area contributed by atoms with Gasteiger partial charge in [0.1, 0.15) is 0 Å². The molecule has 2 saturated heterocycles. The van der Waals surface area contributed by atoms with E-state index >= 15 is 0 Å². The number of cyclic esters (lactones) is 2. The van der Waals surface area contributed by atoms with Crippen LogP contribution in [-0.4, -0.2) is 22.9 Å². The first-order valence-corrected chi connectivity index (χ1v) is 5.19. The van der Waals surface area contributed by atoms with Crippen LogP contribution in [0, 0.1) is 17.8 Å². The van der Waals surface area contributed by atoms with Gasteiger partial charge in [-0.2, -0.15) is 11.8 Å². The highest BCUT2D eigenvalue weighted by Crippen LogP contribution is 2.54. The monoisotopic (exact) mass is 184 g/mol. The fourth-order valence-electron chi connectivity index (χ4n) is 2.58. The lowest BCUT2D eigenvalue weighted by Gasteiger charge is -2.17. The summed E-state index contributed by atoms with van der Waals surface area (Å²) in [6, 6.07) is 0. The van der Waals surface area contributed by atoms with Gasteiger partial charge in [0.2, 0.25) is 0 Å². The summed E-state index contributed by atoms with van der Waals surface area (Å²) in [5.41, 5.74) is 0. The molecule has 64 valence electrons. The fraction of sp³-hybridized carbons (Fsp3) is 0.750. The van der Waals surface area contributed by atoms with Crippen LogP contribution in [-0.2, 0) is 14.3 Å². The topological polar surface area (TPSA) is 43.4 Å². The molecule has 3 rings (SSSR count). The third kappa shape index (κ3) is 0.648. The quantitative estimate of drug-likeness (QED) is 0.404. The van der Waals surface area contributed by atoms with Gasteiger partial charge < -0.3 is 4.74 Å². The second kappa shape index (κ2) is 2.05. The number of rotatable bonds is 0. The number of esters is 2. The molecule has 0 amide bonds. The number of ether oxygens (including phenoxy) is 1.